The molecule has 0 aromatic carbocycles. The third-order valence-electron chi connectivity index (χ3n) is 5.18. The number of hydrogen-bond acceptors (Lipinski definition) is 4. The SMILES string of the molecule is COCCn1nc(C)c(CNC(=O)N(CC2CCOC2)C2CC2)c1C. The van der Waals surface area contributed by atoms with Crippen LogP contribution in [0.5, 0.6) is 0 Å². The van der Waals surface area contributed by atoms with E-state index < -0.39 is 0 Å². The van der Waals surface area contributed by atoms with Gasteiger partial charge in [-0.05, 0) is 33.1 Å². The third-order valence-corrected chi connectivity index (χ3v) is 5.18. The fraction of sp³-hybridized carbons (Fsp3) is 0.778. The molecule has 1 saturated heterocycles. The molecule has 1 atom stereocenters. The Labute approximate surface area is 149 Å². The lowest BCUT2D eigenvalue weighted by Crippen LogP contribution is -2.43. The van der Waals surface area contributed by atoms with Gasteiger partial charge in [-0.3, -0.25) is 4.68 Å². The molecular weight excluding hydrogens is 320 g/mol. The molecule has 2 heterocycles. The van der Waals surface area contributed by atoms with Crippen LogP contribution in [0.2, 0.25) is 0 Å². The first-order valence-electron chi connectivity index (χ1n) is 9.24. The van der Waals surface area contributed by atoms with E-state index in [1.54, 1.807) is 7.11 Å². The highest BCUT2D eigenvalue weighted by Crippen LogP contribution is 2.29. The molecule has 1 saturated carbocycles. The number of amides is 2. The highest BCUT2D eigenvalue weighted by atomic mass is 16.5. The number of methoxy groups -OCH3 is 1. The first-order chi connectivity index (χ1) is 12.1. The van der Waals surface area contributed by atoms with Crippen molar-refractivity contribution >= 4 is 6.03 Å². The number of urea groups is 1. The molecule has 3 rings (SSSR count). The van der Waals surface area contributed by atoms with Gasteiger partial charge in [-0.25, -0.2) is 4.79 Å². The van der Waals surface area contributed by atoms with Crippen molar-refractivity contribution in [1.82, 2.24) is 20.0 Å². The van der Waals surface area contributed by atoms with Gasteiger partial charge in [-0.1, -0.05) is 0 Å². The van der Waals surface area contributed by atoms with Gasteiger partial charge in [0.05, 0.1) is 25.5 Å². The summed E-state index contributed by atoms with van der Waals surface area (Å²) < 4.78 is 12.5. The van der Waals surface area contributed by atoms with E-state index in [1.807, 2.05) is 23.4 Å². The van der Waals surface area contributed by atoms with E-state index in [9.17, 15) is 4.79 Å². The fourth-order valence-corrected chi connectivity index (χ4v) is 3.44. The second kappa shape index (κ2) is 8.19. The van der Waals surface area contributed by atoms with Crippen molar-refractivity contribution < 1.29 is 14.3 Å². The molecule has 1 unspecified atom stereocenters. The second-order valence-corrected chi connectivity index (χ2v) is 7.14. The lowest BCUT2D eigenvalue weighted by molar-refractivity contribution is 0.162. The maximum Gasteiger partial charge on any atom is 0.317 e. The Morgan fingerprint density at radius 2 is 2.20 bits per heavy atom. The number of nitrogens with one attached hydrogen (secondary N) is 1. The highest BCUT2D eigenvalue weighted by Gasteiger charge is 2.34. The monoisotopic (exact) mass is 350 g/mol. The van der Waals surface area contributed by atoms with Crippen LogP contribution in [-0.4, -0.2) is 60.2 Å². The van der Waals surface area contributed by atoms with Gasteiger partial charge in [0, 0.05) is 50.0 Å². The minimum atomic E-state index is 0.0397. The summed E-state index contributed by atoms with van der Waals surface area (Å²) in [5.41, 5.74) is 3.16. The number of carbonyl (C=O) groups is 1. The summed E-state index contributed by atoms with van der Waals surface area (Å²) in [4.78, 5) is 14.7. The van der Waals surface area contributed by atoms with Crippen LogP contribution in [0, 0.1) is 19.8 Å². The average Bonchev–Trinajstić information content (AvgIpc) is 3.23. The van der Waals surface area contributed by atoms with Gasteiger partial charge in [0.2, 0.25) is 0 Å². The van der Waals surface area contributed by atoms with Crippen LogP contribution in [0.25, 0.3) is 0 Å². The molecule has 1 N–H and O–H groups in total. The van der Waals surface area contributed by atoms with E-state index in [4.69, 9.17) is 9.47 Å². The summed E-state index contributed by atoms with van der Waals surface area (Å²) in [6.45, 7) is 8.33. The Bertz CT molecular complexity index is 591. The lowest BCUT2D eigenvalue weighted by atomic mass is 10.1. The zero-order chi connectivity index (χ0) is 17.8. The summed E-state index contributed by atoms with van der Waals surface area (Å²) >= 11 is 0. The average molecular weight is 350 g/mol. The maximum absolute atomic E-state index is 12.7. The molecule has 2 amide bonds. The van der Waals surface area contributed by atoms with E-state index >= 15 is 0 Å². The number of hydrogen-bond donors (Lipinski definition) is 1. The molecule has 1 aliphatic carbocycles. The first-order valence-corrected chi connectivity index (χ1v) is 9.24. The summed E-state index contributed by atoms with van der Waals surface area (Å²) in [5.74, 6) is 0.478. The van der Waals surface area contributed by atoms with E-state index in [2.05, 4.69) is 10.4 Å². The molecule has 0 spiro atoms. The van der Waals surface area contributed by atoms with Gasteiger partial charge in [0.1, 0.15) is 0 Å². The van der Waals surface area contributed by atoms with E-state index in [-0.39, 0.29) is 6.03 Å². The zero-order valence-corrected chi connectivity index (χ0v) is 15.6. The molecule has 2 fully saturated rings. The molecule has 7 heteroatoms. The van der Waals surface area contributed by atoms with Crippen LogP contribution >= 0.6 is 0 Å². The molecule has 1 aromatic heterocycles. The van der Waals surface area contributed by atoms with Crippen molar-refractivity contribution in [1.29, 1.82) is 0 Å². The first kappa shape index (κ1) is 18.2. The van der Waals surface area contributed by atoms with Crippen LogP contribution in [0.3, 0.4) is 0 Å². The molecule has 1 aromatic rings. The number of nitrogens with zero attached hydrogens (tertiary/aromatic N) is 3. The van der Waals surface area contributed by atoms with Gasteiger partial charge in [0.15, 0.2) is 0 Å². The Morgan fingerprint density at radius 1 is 1.40 bits per heavy atom. The van der Waals surface area contributed by atoms with Crippen LogP contribution in [0.4, 0.5) is 4.79 Å². The predicted octanol–water partition coefficient (Wildman–Crippen LogP) is 1.86. The maximum atomic E-state index is 12.7. The molecule has 140 valence electrons. The van der Waals surface area contributed by atoms with Crippen molar-refractivity contribution in [2.45, 2.75) is 52.2 Å². The molecule has 7 nitrogen and oxygen atoms in total. The van der Waals surface area contributed by atoms with Crippen molar-refractivity contribution in [2.75, 3.05) is 33.5 Å². The summed E-state index contributed by atoms with van der Waals surface area (Å²) in [7, 11) is 1.69. The zero-order valence-electron chi connectivity index (χ0n) is 15.6. The van der Waals surface area contributed by atoms with Crippen LogP contribution < -0.4 is 5.32 Å². The summed E-state index contributed by atoms with van der Waals surface area (Å²) in [6.07, 6.45) is 3.29. The number of aromatic nitrogens is 2. The van der Waals surface area contributed by atoms with Gasteiger partial charge >= 0.3 is 6.03 Å². The van der Waals surface area contributed by atoms with Crippen molar-refractivity contribution in [3.63, 3.8) is 0 Å². The van der Waals surface area contributed by atoms with Crippen LogP contribution in [-0.2, 0) is 22.6 Å². The molecular formula is C18H30N4O3. The smallest absolute Gasteiger partial charge is 0.317 e. The predicted molar refractivity (Wildman–Crippen MR) is 94.5 cm³/mol. The molecule has 0 radical (unpaired) electrons. The van der Waals surface area contributed by atoms with Crippen molar-refractivity contribution in [2.24, 2.45) is 5.92 Å². The Kier molecular flexibility index (Phi) is 5.96. The van der Waals surface area contributed by atoms with Crippen LogP contribution in [0.15, 0.2) is 0 Å². The highest BCUT2D eigenvalue weighted by molar-refractivity contribution is 5.75. The lowest BCUT2D eigenvalue weighted by Gasteiger charge is -2.25. The quantitative estimate of drug-likeness (QED) is 0.777. The Morgan fingerprint density at radius 3 is 2.84 bits per heavy atom. The van der Waals surface area contributed by atoms with E-state index in [0.717, 1.165) is 62.5 Å². The number of ether oxygens (including phenoxy) is 2. The Hall–Kier alpha value is -1.60. The van der Waals surface area contributed by atoms with Gasteiger partial charge < -0.3 is 19.7 Å². The normalized spacial score (nSPS) is 20.0. The molecule has 2 aliphatic rings. The van der Waals surface area contributed by atoms with Crippen molar-refractivity contribution in [3.8, 4) is 0 Å². The number of aryl methyl sites for hydroxylation is 1. The topological polar surface area (TPSA) is 68.6 Å². The third kappa shape index (κ3) is 4.52. The van der Waals surface area contributed by atoms with Gasteiger partial charge in [-0.2, -0.15) is 5.10 Å². The Balaban J connectivity index is 1.57. The summed E-state index contributed by atoms with van der Waals surface area (Å²) in [5, 5.41) is 7.66. The van der Waals surface area contributed by atoms with E-state index in [0.29, 0.717) is 25.1 Å². The largest absolute Gasteiger partial charge is 0.383 e. The number of rotatable bonds is 8. The van der Waals surface area contributed by atoms with Gasteiger partial charge in [-0.15, -0.1) is 0 Å². The molecule has 25 heavy (non-hydrogen) atoms. The minimum Gasteiger partial charge on any atom is -0.383 e. The fourth-order valence-electron chi connectivity index (χ4n) is 3.44. The molecule has 1 aliphatic heterocycles. The van der Waals surface area contributed by atoms with Crippen LogP contribution in [0.1, 0.15) is 36.2 Å². The van der Waals surface area contributed by atoms with Crippen molar-refractivity contribution in [3.05, 3.63) is 17.0 Å². The molecule has 0 bridgehead atoms. The minimum absolute atomic E-state index is 0.0397. The van der Waals surface area contributed by atoms with Gasteiger partial charge in [0.25, 0.3) is 0 Å². The second-order valence-electron chi connectivity index (χ2n) is 7.14. The summed E-state index contributed by atoms with van der Waals surface area (Å²) in [6, 6.07) is 0.449. The van der Waals surface area contributed by atoms with E-state index in [1.165, 1.54) is 0 Å². The number of carbonyl (C=O) groups excluding carboxylic acids is 1. The standard InChI is InChI=1S/C18H30N4O3/c1-13-17(14(2)22(20-13)7-9-24-3)10-19-18(23)21(16-4-5-16)11-15-6-8-25-12-15/h15-16H,4-12H2,1-3H3,(H,19,23).